The van der Waals surface area contributed by atoms with Crippen molar-refractivity contribution in [1.82, 2.24) is 0 Å². The molecular weight excluding hydrogens is 248 g/mol. The SMILES string of the molecule is CCCCOCC(C)O.Cc1cccc2ccccc12. The molecule has 0 saturated carbocycles. The Morgan fingerprint density at radius 3 is 2.45 bits per heavy atom. The maximum Gasteiger partial charge on any atom is 0.0745 e. The van der Waals surface area contributed by atoms with Crippen LogP contribution in [-0.2, 0) is 4.74 Å². The van der Waals surface area contributed by atoms with E-state index in [0.29, 0.717) is 6.61 Å². The highest BCUT2D eigenvalue weighted by Crippen LogP contribution is 2.16. The number of aliphatic hydroxyl groups excluding tert-OH is 1. The Morgan fingerprint density at radius 1 is 1.10 bits per heavy atom. The van der Waals surface area contributed by atoms with Crippen LogP contribution in [0.5, 0.6) is 0 Å². The predicted octanol–water partition coefficient (Wildman–Crippen LogP) is 4.33. The van der Waals surface area contributed by atoms with E-state index < -0.39 is 0 Å². The number of hydrogen-bond donors (Lipinski definition) is 1. The molecule has 0 saturated heterocycles. The number of rotatable bonds is 5. The number of unbranched alkanes of at least 4 members (excludes halogenated alkanes) is 1. The van der Waals surface area contributed by atoms with E-state index in [4.69, 9.17) is 9.84 Å². The fourth-order valence-electron chi connectivity index (χ4n) is 1.89. The van der Waals surface area contributed by atoms with Gasteiger partial charge in [0, 0.05) is 6.61 Å². The first kappa shape index (κ1) is 16.7. The van der Waals surface area contributed by atoms with Gasteiger partial charge in [0.15, 0.2) is 0 Å². The number of hydrogen-bond acceptors (Lipinski definition) is 2. The molecule has 0 aromatic heterocycles. The summed E-state index contributed by atoms with van der Waals surface area (Å²) in [5.74, 6) is 0. The second kappa shape index (κ2) is 9.51. The predicted molar refractivity (Wildman–Crippen MR) is 86.1 cm³/mol. The first-order valence-electron chi connectivity index (χ1n) is 7.35. The number of ether oxygens (including phenoxy) is 1. The van der Waals surface area contributed by atoms with Crippen molar-refractivity contribution in [2.24, 2.45) is 0 Å². The summed E-state index contributed by atoms with van der Waals surface area (Å²) < 4.78 is 5.09. The molecule has 1 N–H and O–H groups in total. The van der Waals surface area contributed by atoms with Crippen molar-refractivity contribution in [1.29, 1.82) is 0 Å². The molecule has 20 heavy (non-hydrogen) atoms. The van der Waals surface area contributed by atoms with Gasteiger partial charge in [-0.1, -0.05) is 55.8 Å². The lowest BCUT2D eigenvalue weighted by Crippen LogP contribution is -2.10. The average molecular weight is 274 g/mol. The Labute approximate surface area is 122 Å². The molecule has 0 aliphatic carbocycles. The minimum atomic E-state index is -0.318. The Morgan fingerprint density at radius 2 is 1.80 bits per heavy atom. The lowest BCUT2D eigenvalue weighted by Gasteiger charge is -2.03. The molecule has 0 radical (unpaired) electrons. The largest absolute Gasteiger partial charge is 0.391 e. The summed E-state index contributed by atoms with van der Waals surface area (Å²) in [6, 6.07) is 14.8. The van der Waals surface area contributed by atoms with Crippen LogP contribution in [0.25, 0.3) is 10.8 Å². The molecule has 0 aliphatic rings. The summed E-state index contributed by atoms with van der Waals surface area (Å²) in [6.07, 6.45) is 1.92. The highest BCUT2D eigenvalue weighted by atomic mass is 16.5. The van der Waals surface area contributed by atoms with E-state index in [1.807, 2.05) is 0 Å². The molecule has 0 fully saturated rings. The zero-order valence-electron chi connectivity index (χ0n) is 12.8. The van der Waals surface area contributed by atoms with Gasteiger partial charge in [0.05, 0.1) is 12.7 Å². The Bertz CT molecular complexity index is 486. The van der Waals surface area contributed by atoms with Crippen molar-refractivity contribution in [3.8, 4) is 0 Å². The van der Waals surface area contributed by atoms with Crippen LogP contribution in [0.15, 0.2) is 42.5 Å². The van der Waals surface area contributed by atoms with Gasteiger partial charge in [-0.05, 0) is 36.6 Å². The maximum absolute atomic E-state index is 8.73. The highest BCUT2D eigenvalue weighted by Gasteiger charge is 1.93. The number of aliphatic hydroxyl groups is 1. The molecule has 0 aliphatic heterocycles. The van der Waals surface area contributed by atoms with Crippen molar-refractivity contribution in [2.45, 2.75) is 39.7 Å². The fraction of sp³-hybridized carbons (Fsp3) is 0.444. The first-order chi connectivity index (χ1) is 9.65. The molecule has 110 valence electrons. The van der Waals surface area contributed by atoms with Gasteiger partial charge in [0.25, 0.3) is 0 Å². The van der Waals surface area contributed by atoms with Crippen molar-refractivity contribution in [2.75, 3.05) is 13.2 Å². The van der Waals surface area contributed by atoms with Crippen molar-refractivity contribution < 1.29 is 9.84 Å². The van der Waals surface area contributed by atoms with Crippen LogP contribution >= 0.6 is 0 Å². The minimum absolute atomic E-state index is 0.318. The molecule has 1 atom stereocenters. The molecule has 2 aromatic carbocycles. The van der Waals surface area contributed by atoms with Gasteiger partial charge in [-0.15, -0.1) is 0 Å². The third-order valence-electron chi connectivity index (χ3n) is 3.01. The molecule has 0 spiro atoms. The van der Waals surface area contributed by atoms with Crippen LogP contribution in [0.2, 0.25) is 0 Å². The molecule has 1 unspecified atom stereocenters. The second-order valence-electron chi connectivity index (χ2n) is 5.07. The second-order valence-corrected chi connectivity index (χ2v) is 5.07. The highest BCUT2D eigenvalue weighted by molar-refractivity contribution is 5.85. The summed E-state index contributed by atoms with van der Waals surface area (Å²) >= 11 is 0. The quantitative estimate of drug-likeness (QED) is 0.822. The molecule has 0 heterocycles. The lowest BCUT2D eigenvalue weighted by atomic mass is 10.1. The molecule has 0 amide bonds. The fourth-order valence-corrected chi connectivity index (χ4v) is 1.89. The molecule has 2 aromatic rings. The van der Waals surface area contributed by atoms with Crippen LogP contribution in [-0.4, -0.2) is 24.4 Å². The van der Waals surface area contributed by atoms with Gasteiger partial charge in [-0.2, -0.15) is 0 Å². The van der Waals surface area contributed by atoms with Gasteiger partial charge in [0.1, 0.15) is 0 Å². The molecule has 2 rings (SSSR count). The van der Waals surface area contributed by atoms with Crippen molar-refractivity contribution >= 4 is 10.8 Å². The molecule has 0 bridgehead atoms. The topological polar surface area (TPSA) is 29.5 Å². The minimum Gasteiger partial charge on any atom is -0.391 e. The number of benzene rings is 2. The monoisotopic (exact) mass is 274 g/mol. The Kier molecular flexibility index (Phi) is 7.93. The van der Waals surface area contributed by atoms with Gasteiger partial charge < -0.3 is 9.84 Å². The summed E-state index contributed by atoms with van der Waals surface area (Å²) in [7, 11) is 0. The molecule has 2 heteroatoms. The standard InChI is InChI=1S/C11H10.C7H16O2/c1-9-5-4-7-10-6-2-3-8-11(9)10;1-3-4-5-9-6-7(2)8/h2-8H,1H3;7-8H,3-6H2,1-2H3. The van der Waals surface area contributed by atoms with E-state index in [9.17, 15) is 0 Å². The summed E-state index contributed by atoms with van der Waals surface area (Å²) in [5.41, 5.74) is 1.35. The lowest BCUT2D eigenvalue weighted by molar-refractivity contribution is 0.0450. The van der Waals surface area contributed by atoms with Crippen LogP contribution in [0.3, 0.4) is 0 Å². The average Bonchev–Trinajstić information content (AvgIpc) is 2.45. The van der Waals surface area contributed by atoms with Gasteiger partial charge in [0.2, 0.25) is 0 Å². The third-order valence-corrected chi connectivity index (χ3v) is 3.01. The van der Waals surface area contributed by atoms with Crippen LogP contribution < -0.4 is 0 Å². The third kappa shape index (κ3) is 6.18. The van der Waals surface area contributed by atoms with E-state index in [-0.39, 0.29) is 6.10 Å². The summed E-state index contributed by atoms with van der Waals surface area (Å²) in [6.45, 7) is 7.24. The van der Waals surface area contributed by atoms with Crippen LogP contribution in [0.4, 0.5) is 0 Å². The van der Waals surface area contributed by atoms with E-state index in [0.717, 1.165) is 19.4 Å². The number of fused-ring (bicyclic) bond motifs is 1. The van der Waals surface area contributed by atoms with E-state index >= 15 is 0 Å². The van der Waals surface area contributed by atoms with Crippen molar-refractivity contribution in [3.05, 3.63) is 48.0 Å². The van der Waals surface area contributed by atoms with Crippen LogP contribution in [0.1, 0.15) is 32.3 Å². The van der Waals surface area contributed by atoms with E-state index in [1.165, 1.54) is 16.3 Å². The smallest absolute Gasteiger partial charge is 0.0745 e. The van der Waals surface area contributed by atoms with E-state index in [2.05, 4.69) is 56.3 Å². The van der Waals surface area contributed by atoms with Crippen LogP contribution in [0, 0.1) is 6.92 Å². The first-order valence-corrected chi connectivity index (χ1v) is 7.35. The molecular formula is C18H26O2. The molecule has 2 nitrogen and oxygen atoms in total. The van der Waals surface area contributed by atoms with E-state index in [1.54, 1.807) is 6.92 Å². The summed E-state index contributed by atoms with van der Waals surface area (Å²) in [5, 5.41) is 11.4. The summed E-state index contributed by atoms with van der Waals surface area (Å²) in [4.78, 5) is 0. The maximum atomic E-state index is 8.73. The van der Waals surface area contributed by atoms with Gasteiger partial charge >= 0.3 is 0 Å². The Hall–Kier alpha value is -1.38. The zero-order valence-corrected chi connectivity index (χ0v) is 12.8. The normalized spacial score (nSPS) is 11.8. The zero-order chi connectivity index (χ0) is 14.8. The Balaban J connectivity index is 0.000000206. The number of aryl methyl sites for hydroxylation is 1. The van der Waals surface area contributed by atoms with Crippen molar-refractivity contribution in [3.63, 3.8) is 0 Å². The van der Waals surface area contributed by atoms with Gasteiger partial charge in [-0.3, -0.25) is 0 Å². The van der Waals surface area contributed by atoms with Gasteiger partial charge in [-0.25, -0.2) is 0 Å².